The van der Waals surface area contributed by atoms with Crippen LogP contribution in [-0.2, 0) is 6.61 Å². The molecular formula is C23H19Br2ClN2O3. The minimum atomic E-state index is -0.311. The lowest BCUT2D eigenvalue weighted by molar-refractivity contribution is 0.0954. The number of ether oxygens (including phenoxy) is 2. The molecule has 8 heteroatoms. The number of benzene rings is 3. The van der Waals surface area contributed by atoms with Crippen molar-refractivity contribution >= 4 is 55.6 Å². The summed E-state index contributed by atoms with van der Waals surface area (Å²) in [4.78, 5) is 12.3. The first-order valence-corrected chi connectivity index (χ1v) is 11.4. The van der Waals surface area contributed by atoms with Gasteiger partial charge in [0.05, 0.1) is 22.9 Å². The van der Waals surface area contributed by atoms with Crippen molar-refractivity contribution in [2.24, 2.45) is 5.10 Å². The van der Waals surface area contributed by atoms with Crippen molar-refractivity contribution < 1.29 is 14.3 Å². The molecule has 0 aromatic heterocycles. The number of carbonyl (C=O) groups excluding carboxylic acids is 1. The van der Waals surface area contributed by atoms with E-state index in [1.807, 2.05) is 43.3 Å². The molecule has 5 nitrogen and oxygen atoms in total. The summed E-state index contributed by atoms with van der Waals surface area (Å²) in [5.74, 6) is 0.836. The van der Waals surface area contributed by atoms with E-state index in [4.69, 9.17) is 21.1 Å². The van der Waals surface area contributed by atoms with Gasteiger partial charge in [-0.05, 0) is 86.3 Å². The molecule has 0 unspecified atom stereocenters. The Morgan fingerprint density at radius 2 is 1.87 bits per heavy atom. The van der Waals surface area contributed by atoms with Crippen molar-refractivity contribution in [3.8, 4) is 11.5 Å². The van der Waals surface area contributed by atoms with Gasteiger partial charge in [-0.2, -0.15) is 5.10 Å². The Morgan fingerprint density at radius 1 is 1.06 bits per heavy atom. The van der Waals surface area contributed by atoms with Gasteiger partial charge in [0.1, 0.15) is 6.61 Å². The summed E-state index contributed by atoms with van der Waals surface area (Å²) < 4.78 is 13.1. The predicted molar refractivity (Wildman–Crippen MR) is 130 cm³/mol. The van der Waals surface area contributed by atoms with E-state index < -0.39 is 0 Å². The fraction of sp³-hybridized carbons (Fsp3) is 0.130. The molecule has 1 amide bonds. The molecule has 0 bridgehead atoms. The largest absolute Gasteiger partial charge is 0.490 e. The zero-order valence-electron chi connectivity index (χ0n) is 16.6. The number of hydrazone groups is 1. The lowest BCUT2D eigenvalue weighted by Gasteiger charge is -2.15. The molecule has 0 radical (unpaired) electrons. The molecule has 3 aromatic carbocycles. The van der Waals surface area contributed by atoms with Crippen LogP contribution in [0.15, 0.2) is 74.7 Å². The molecule has 160 valence electrons. The van der Waals surface area contributed by atoms with Crippen molar-refractivity contribution in [1.82, 2.24) is 5.43 Å². The van der Waals surface area contributed by atoms with Gasteiger partial charge in [0.2, 0.25) is 0 Å². The van der Waals surface area contributed by atoms with Crippen LogP contribution in [0.1, 0.15) is 28.4 Å². The molecule has 0 aliphatic rings. The van der Waals surface area contributed by atoms with Crippen molar-refractivity contribution in [3.63, 3.8) is 0 Å². The van der Waals surface area contributed by atoms with Crippen LogP contribution in [0.25, 0.3) is 0 Å². The third kappa shape index (κ3) is 6.56. The lowest BCUT2D eigenvalue weighted by Crippen LogP contribution is -2.18. The Hall–Kier alpha value is -2.35. The van der Waals surface area contributed by atoms with Crippen LogP contribution in [-0.4, -0.2) is 18.7 Å². The molecule has 0 aliphatic carbocycles. The molecule has 3 aromatic rings. The third-order valence-corrected chi connectivity index (χ3v) is 5.62. The van der Waals surface area contributed by atoms with E-state index in [2.05, 4.69) is 42.4 Å². The average molecular weight is 567 g/mol. The average Bonchev–Trinajstić information content (AvgIpc) is 2.73. The van der Waals surface area contributed by atoms with Gasteiger partial charge < -0.3 is 9.47 Å². The molecule has 31 heavy (non-hydrogen) atoms. The lowest BCUT2D eigenvalue weighted by atomic mass is 10.2. The number of hydrogen-bond donors (Lipinski definition) is 1. The van der Waals surface area contributed by atoms with Crippen molar-refractivity contribution in [2.75, 3.05) is 6.61 Å². The molecule has 0 aliphatic heterocycles. The number of amides is 1. The molecule has 0 saturated heterocycles. The second-order valence-corrected chi connectivity index (χ2v) is 8.51. The number of nitrogens with zero attached hydrogens (tertiary/aromatic N) is 1. The highest BCUT2D eigenvalue weighted by Gasteiger charge is 2.13. The van der Waals surface area contributed by atoms with E-state index in [1.54, 1.807) is 30.5 Å². The highest BCUT2D eigenvalue weighted by molar-refractivity contribution is 9.10. The van der Waals surface area contributed by atoms with E-state index >= 15 is 0 Å². The standard InChI is InChI=1S/C23H19Br2ClN2O3/c1-2-30-21-12-16(13-27-28-23(29)18-8-3-4-9-19(18)24)11-20(25)22(21)31-14-15-6-5-7-17(26)10-15/h3-13H,2,14H2,1H3,(H,28,29)/b27-13-. The first-order chi connectivity index (χ1) is 15.0. The molecule has 0 fully saturated rings. The summed E-state index contributed by atoms with van der Waals surface area (Å²) in [5.41, 5.74) is 4.71. The first-order valence-electron chi connectivity index (χ1n) is 9.39. The molecule has 0 heterocycles. The molecule has 0 saturated carbocycles. The highest BCUT2D eigenvalue weighted by Crippen LogP contribution is 2.37. The van der Waals surface area contributed by atoms with Crippen LogP contribution in [0, 0.1) is 0 Å². The van der Waals surface area contributed by atoms with Gasteiger partial charge in [0, 0.05) is 9.50 Å². The minimum Gasteiger partial charge on any atom is -0.490 e. The zero-order chi connectivity index (χ0) is 22.2. The van der Waals surface area contributed by atoms with E-state index in [1.165, 1.54) is 0 Å². The maximum atomic E-state index is 12.3. The van der Waals surface area contributed by atoms with E-state index in [9.17, 15) is 4.79 Å². The molecule has 0 spiro atoms. The maximum Gasteiger partial charge on any atom is 0.272 e. The normalized spacial score (nSPS) is 10.8. The van der Waals surface area contributed by atoms with Gasteiger partial charge in [0.25, 0.3) is 5.91 Å². The monoisotopic (exact) mass is 564 g/mol. The maximum absolute atomic E-state index is 12.3. The van der Waals surface area contributed by atoms with E-state index in [0.29, 0.717) is 44.2 Å². The van der Waals surface area contributed by atoms with Crippen LogP contribution in [0.3, 0.4) is 0 Å². The zero-order valence-corrected chi connectivity index (χ0v) is 20.5. The van der Waals surface area contributed by atoms with Gasteiger partial charge in [0.15, 0.2) is 11.5 Å². The van der Waals surface area contributed by atoms with E-state index in [0.717, 1.165) is 11.1 Å². The van der Waals surface area contributed by atoms with Crippen molar-refractivity contribution in [1.29, 1.82) is 0 Å². The molecule has 3 rings (SSSR count). The quantitative estimate of drug-likeness (QED) is 0.247. The number of halogens is 3. The number of rotatable bonds is 8. The first kappa shape index (κ1) is 23.3. The molecular weight excluding hydrogens is 548 g/mol. The summed E-state index contributed by atoms with van der Waals surface area (Å²) in [6.07, 6.45) is 1.54. The summed E-state index contributed by atoms with van der Waals surface area (Å²) in [6.45, 7) is 2.71. The summed E-state index contributed by atoms with van der Waals surface area (Å²) in [7, 11) is 0. The summed E-state index contributed by atoms with van der Waals surface area (Å²) >= 11 is 12.9. The second-order valence-electron chi connectivity index (χ2n) is 6.36. The Bertz CT molecular complexity index is 1110. The fourth-order valence-electron chi connectivity index (χ4n) is 2.72. The van der Waals surface area contributed by atoms with Crippen LogP contribution >= 0.6 is 43.5 Å². The van der Waals surface area contributed by atoms with Gasteiger partial charge in [-0.1, -0.05) is 35.9 Å². The summed E-state index contributed by atoms with van der Waals surface area (Å²) in [5, 5.41) is 4.71. The number of hydrogen-bond acceptors (Lipinski definition) is 4. The van der Waals surface area contributed by atoms with Crippen molar-refractivity contribution in [3.05, 3.63) is 91.3 Å². The van der Waals surface area contributed by atoms with Gasteiger partial charge in [-0.15, -0.1) is 0 Å². The Balaban J connectivity index is 1.73. The Kier molecular flexibility index (Phi) is 8.51. The Morgan fingerprint density at radius 3 is 2.61 bits per heavy atom. The minimum absolute atomic E-state index is 0.311. The van der Waals surface area contributed by atoms with E-state index in [-0.39, 0.29) is 5.91 Å². The van der Waals surface area contributed by atoms with Gasteiger partial charge in [-0.3, -0.25) is 4.79 Å². The summed E-state index contributed by atoms with van der Waals surface area (Å²) in [6, 6.07) is 18.3. The topological polar surface area (TPSA) is 59.9 Å². The SMILES string of the molecule is CCOc1cc(/C=N\NC(=O)c2ccccc2Br)cc(Br)c1OCc1cccc(Cl)c1. The van der Waals surface area contributed by atoms with Crippen molar-refractivity contribution in [2.45, 2.75) is 13.5 Å². The molecule has 0 atom stereocenters. The van der Waals surface area contributed by atoms with Gasteiger partial charge in [-0.25, -0.2) is 5.43 Å². The van der Waals surface area contributed by atoms with Crippen LogP contribution in [0.2, 0.25) is 5.02 Å². The van der Waals surface area contributed by atoms with Crippen LogP contribution < -0.4 is 14.9 Å². The number of carbonyl (C=O) groups is 1. The smallest absolute Gasteiger partial charge is 0.272 e. The Labute approximate surface area is 202 Å². The highest BCUT2D eigenvalue weighted by atomic mass is 79.9. The van der Waals surface area contributed by atoms with Gasteiger partial charge >= 0.3 is 0 Å². The predicted octanol–water partition coefficient (Wildman–Crippen LogP) is 6.61. The van der Waals surface area contributed by atoms with Crippen LogP contribution in [0.5, 0.6) is 11.5 Å². The fourth-order valence-corrected chi connectivity index (χ4v) is 3.97. The second kappa shape index (κ2) is 11.3. The molecule has 1 N–H and O–H groups in total. The number of nitrogens with one attached hydrogen (secondary N) is 1. The third-order valence-electron chi connectivity index (χ3n) is 4.10. The van der Waals surface area contributed by atoms with Crippen LogP contribution in [0.4, 0.5) is 0 Å².